The highest BCUT2D eigenvalue weighted by atomic mass is 16.5. The molecule has 4 rings (SSSR count). The van der Waals surface area contributed by atoms with Gasteiger partial charge in [-0.15, -0.1) is 0 Å². The van der Waals surface area contributed by atoms with Crippen LogP contribution < -0.4 is 20.8 Å². The number of phenols is 2. The number of anilines is 1. The number of carbonyl (C=O) groups is 1. The van der Waals surface area contributed by atoms with Gasteiger partial charge in [0.15, 0.2) is 11.5 Å². The third kappa shape index (κ3) is 7.13. The topological polar surface area (TPSA) is 132 Å². The summed E-state index contributed by atoms with van der Waals surface area (Å²) in [6, 6.07) is 18.8. The Morgan fingerprint density at radius 3 is 2.40 bits per heavy atom. The SMILES string of the molecule is CC(C)=CCOc1cc2oc(=O)ccc2cc1O.Nc1ccc(C(=O)Oc2ccccc2)c(O)c1. The Hall–Kier alpha value is -4.72. The van der Waals surface area contributed by atoms with E-state index in [0.29, 0.717) is 34.8 Å². The molecule has 0 amide bonds. The van der Waals surface area contributed by atoms with Gasteiger partial charge in [-0.05, 0) is 56.3 Å². The summed E-state index contributed by atoms with van der Waals surface area (Å²) < 4.78 is 15.5. The van der Waals surface area contributed by atoms with Crippen molar-refractivity contribution in [3.8, 4) is 23.0 Å². The number of nitrogens with two attached hydrogens (primary N) is 1. The minimum absolute atomic E-state index is 0.0264. The van der Waals surface area contributed by atoms with Gasteiger partial charge < -0.3 is 29.8 Å². The number of allylic oxidation sites excluding steroid dienone is 1. The van der Waals surface area contributed by atoms with E-state index in [-0.39, 0.29) is 17.1 Å². The van der Waals surface area contributed by atoms with Crippen molar-refractivity contribution in [2.45, 2.75) is 13.8 Å². The molecular weight excluding hydrogens is 450 g/mol. The van der Waals surface area contributed by atoms with Gasteiger partial charge >= 0.3 is 11.6 Å². The Morgan fingerprint density at radius 2 is 1.71 bits per heavy atom. The van der Waals surface area contributed by atoms with E-state index in [1.54, 1.807) is 30.3 Å². The average Bonchev–Trinajstić information content (AvgIpc) is 2.80. The summed E-state index contributed by atoms with van der Waals surface area (Å²) in [5, 5.41) is 20.0. The molecule has 1 heterocycles. The summed E-state index contributed by atoms with van der Waals surface area (Å²) in [7, 11) is 0. The maximum absolute atomic E-state index is 11.7. The Morgan fingerprint density at radius 1 is 0.971 bits per heavy atom. The van der Waals surface area contributed by atoms with Crippen LogP contribution >= 0.6 is 0 Å². The number of carbonyl (C=O) groups excluding carboxylic acids is 1. The first-order valence-electron chi connectivity index (χ1n) is 10.6. The number of hydrogen-bond donors (Lipinski definition) is 3. The van der Waals surface area contributed by atoms with Crippen LogP contribution in [0, 0.1) is 0 Å². The number of hydrogen-bond acceptors (Lipinski definition) is 8. The predicted molar refractivity (Wildman–Crippen MR) is 133 cm³/mol. The molecular formula is C27H25NO7. The molecule has 8 nitrogen and oxygen atoms in total. The molecule has 0 saturated heterocycles. The fourth-order valence-corrected chi connectivity index (χ4v) is 2.87. The summed E-state index contributed by atoms with van der Waals surface area (Å²) >= 11 is 0. The average molecular weight is 475 g/mol. The normalized spacial score (nSPS) is 10.1. The second-order valence-electron chi connectivity index (χ2n) is 7.68. The van der Waals surface area contributed by atoms with Crippen LogP contribution in [0.3, 0.4) is 0 Å². The Kier molecular flexibility index (Phi) is 8.13. The van der Waals surface area contributed by atoms with Crippen LogP contribution in [0.1, 0.15) is 24.2 Å². The smallest absolute Gasteiger partial charge is 0.347 e. The number of benzene rings is 3. The second kappa shape index (κ2) is 11.4. The van der Waals surface area contributed by atoms with Crippen LogP contribution in [-0.4, -0.2) is 22.8 Å². The molecule has 0 fully saturated rings. The molecule has 3 aromatic carbocycles. The number of fused-ring (bicyclic) bond motifs is 1. The van der Waals surface area contributed by atoms with Crippen molar-refractivity contribution in [2.75, 3.05) is 12.3 Å². The molecule has 4 N–H and O–H groups in total. The maximum Gasteiger partial charge on any atom is 0.347 e. The van der Waals surface area contributed by atoms with E-state index in [9.17, 15) is 19.8 Å². The van der Waals surface area contributed by atoms with Gasteiger partial charge in [0.05, 0.1) is 0 Å². The van der Waals surface area contributed by atoms with Crippen molar-refractivity contribution in [2.24, 2.45) is 0 Å². The number of rotatable bonds is 5. The molecule has 0 aliphatic rings. The molecule has 180 valence electrons. The first-order valence-corrected chi connectivity index (χ1v) is 10.6. The van der Waals surface area contributed by atoms with Gasteiger partial charge in [0.1, 0.15) is 29.3 Å². The van der Waals surface area contributed by atoms with Crippen LogP contribution in [-0.2, 0) is 0 Å². The molecule has 35 heavy (non-hydrogen) atoms. The largest absolute Gasteiger partial charge is 0.507 e. The molecule has 0 aliphatic heterocycles. The zero-order valence-corrected chi connectivity index (χ0v) is 19.2. The third-order valence-corrected chi connectivity index (χ3v) is 4.63. The zero-order chi connectivity index (χ0) is 25.4. The van der Waals surface area contributed by atoms with Gasteiger partial charge in [0.25, 0.3) is 0 Å². The van der Waals surface area contributed by atoms with Gasteiger partial charge in [0.2, 0.25) is 0 Å². The van der Waals surface area contributed by atoms with Crippen LogP contribution in [0.4, 0.5) is 5.69 Å². The molecule has 0 bridgehead atoms. The van der Waals surface area contributed by atoms with Gasteiger partial charge in [-0.25, -0.2) is 9.59 Å². The van der Waals surface area contributed by atoms with Crippen molar-refractivity contribution < 1.29 is 28.9 Å². The van der Waals surface area contributed by atoms with E-state index in [0.717, 1.165) is 5.57 Å². The first-order chi connectivity index (χ1) is 16.7. The fourth-order valence-electron chi connectivity index (χ4n) is 2.87. The summed E-state index contributed by atoms with van der Waals surface area (Å²) in [4.78, 5) is 22.8. The second-order valence-corrected chi connectivity index (χ2v) is 7.68. The van der Waals surface area contributed by atoms with Crippen molar-refractivity contribution in [3.63, 3.8) is 0 Å². The van der Waals surface area contributed by atoms with E-state index in [4.69, 9.17) is 19.6 Å². The number of nitrogen functional groups attached to an aromatic ring is 1. The van der Waals surface area contributed by atoms with Crippen LogP contribution in [0.15, 0.2) is 93.7 Å². The zero-order valence-electron chi connectivity index (χ0n) is 19.2. The van der Waals surface area contributed by atoms with E-state index in [1.807, 2.05) is 26.0 Å². The highest BCUT2D eigenvalue weighted by molar-refractivity contribution is 5.94. The standard InChI is InChI=1S/C14H14O4.C13H11NO3/c1-9(2)5-6-17-13-8-12-10(7-11(13)15)3-4-14(16)18-12;14-9-6-7-11(12(15)8-9)13(16)17-10-4-2-1-3-5-10/h3-5,7-8,15H,6H2,1-2H3;1-8,15H,14H2. The highest BCUT2D eigenvalue weighted by Crippen LogP contribution is 2.30. The Bertz CT molecular complexity index is 1400. The lowest BCUT2D eigenvalue weighted by Crippen LogP contribution is -2.08. The van der Waals surface area contributed by atoms with Crippen LogP contribution in [0.2, 0.25) is 0 Å². The lowest BCUT2D eigenvalue weighted by Gasteiger charge is -2.07. The monoisotopic (exact) mass is 475 g/mol. The van der Waals surface area contributed by atoms with Crippen LogP contribution in [0.25, 0.3) is 11.0 Å². The van der Waals surface area contributed by atoms with Crippen molar-refractivity contribution in [1.82, 2.24) is 0 Å². The van der Waals surface area contributed by atoms with Crippen molar-refractivity contribution >= 4 is 22.6 Å². The van der Waals surface area contributed by atoms with Crippen LogP contribution in [0.5, 0.6) is 23.0 Å². The maximum atomic E-state index is 11.7. The molecule has 0 unspecified atom stereocenters. The molecule has 4 aromatic rings. The lowest BCUT2D eigenvalue weighted by molar-refractivity contribution is 0.0731. The number of aromatic hydroxyl groups is 2. The van der Waals surface area contributed by atoms with Gasteiger partial charge in [-0.1, -0.05) is 23.8 Å². The Balaban J connectivity index is 0.000000196. The Labute approximate surface area is 201 Å². The van der Waals surface area contributed by atoms with Gasteiger partial charge in [0, 0.05) is 29.3 Å². The first kappa shape index (κ1) is 24.9. The number of phenolic OH excluding ortho intramolecular Hbond substituents is 2. The minimum atomic E-state index is -0.617. The molecule has 0 saturated carbocycles. The summed E-state index contributed by atoms with van der Waals surface area (Å²) in [6.45, 7) is 4.28. The highest BCUT2D eigenvalue weighted by Gasteiger charge is 2.13. The van der Waals surface area contributed by atoms with Crippen molar-refractivity contribution in [3.05, 3.63) is 100 Å². The summed E-state index contributed by atoms with van der Waals surface area (Å²) in [5.74, 6) is -0.0544. The summed E-state index contributed by atoms with van der Waals surface area (Å²) in [5.41, 5.74) is 7.04. The number of para-hydroxylation sites is 1. The molecule has 8 heteroatoms. The van der Waals surface area contributed by atoms with Crippen molar-refractivity contribution in [1.29, 1.82) is 0 Å². The fraction of sp³-hybridized carbons (Fsp3) is 0.111. The quantitative estimate of drug-likeness (QED) is 0.120. The van der Waals surface area contributed by atoms with E-state index >= 15 is 0 Å². The third-order valence-electron chi connectivity index (χ3n) is 4.63. The molecule has 0 spiro atoms. The summed E-state index contributed by atoms with van der Waals surface area (Å²) in [6.07, 6.45) is 1.89. The molecule has 0 atom stereocenters. The number of ether oxygens (including phenoxy) is 2. The lowest BCUT2D eigenvalue weighted by atomic mass is 10.2. The number of esters is 1. The van der Waals surface area contributed by atoms with Gasteiger partial charge in [-0.2, -0.15) is 0 Å². The molecule has 1 aromatic heterocycles. The van der Waals surface area contributed by atoms with E-state index < -0.39 is 11.6 Å². The minimum Gasteiger partial charge on any atom is -0.507 e. The van der Waals surface area contributed by atoms with E-state index in [1.165, 1.54) is 36.4 Å². The molecule has 0 radical (unpaired) electrons. The molecule has 0 aliphatic carbocycles. The van der Waals surface area contributed by atoms with E-state index in [2.05, 4.69) is 0 Å². The van der Waals surface area contributed by atoms with Gasteiger partial charge in [-0.3, -0.25) is 0 Å². The predicted octanol–water partition coefficient (Wildman–Crippen LogP) is 5.04.